The molecule has 0 aromatic heterocycles. The number of nitrogens with one attached hydrogen (secondary N) is 1. The van der Waals surface area contributed by atoms with Crippen LogP contribution in [0.2, 0.25) is 0 Å². The Balaban J connectivity index is 1.87. The normalized spacial score (nSPS) is 11.5. The summed E-state index contributed by atoms with van der Waals surface area (Å²) < 4.78 is 4.96. The smallest absolute Gasteiger partial charge is 0.338 e. The fraction of sp³-hybridized carbons (Fsp3) is 0.263. The van der Waals surface area contributed by atoms with Crippen LogP contribution in [0.3, 0.4) is 0 Å². The lowest BCUT2D eigenvalue weighted by molar-refractivity contribution is -0.387. The van der Waals surface area contributed by atoms with Crippen LogP contribution < -0.4 is 5.32 Å². The van der Waals surface area contributed by atoms with Gasteiger partial charge in [-0.2, -0.15) is 0 Å². The third-order valence-corrected chi connectivity index (χ3v) is 4.70. The molecule has 0 aliphatic heterocycles. The highest BCUT2D eigenvalue weighted by molar-refractivity contribution is 7.98. The minimum Gasteiger partial charge on any atom is -0.452 e. The minimum absolute atomic E-state index is 0.0324. The summed E-state index contributed by atoms with van der Waals surface area (Å²) >= 11 is 1.21. The number of benzene rings is 2. The largest absolute Gasteiger partial charge is 0.452 e. The molecule has 0 aliphatic rings. The lowest BCUT2D eigenvalue weighted by atomic mass is 10.0. The molecular weight excluding hydrogens is 368 g/mol. The van der Waals surface area contributed by atoms with Crippen LogP contribution in [0, 0.1) is 10.1 Å². The number of nitro benzene ring substituents is 1. The fourth-order valence-corrected chi connectivity index (χ4v) is 2.94. The third-order valence-electron chi connectivity index (χ3n) is 3.92. The average molecular weight is 388 g/mol. The van der Waals surface area contributed by atoms with Crippen molar-refractivity contribution in [3.8, 4) is 0 Å². The first-order valence-corrected chi connectivity index (χ1v) is 9.46. The zero-order chi connectivity index (χ0) is 19.8. The molecule has 1 N–H and O–H groups in total. The van der Waals surface area contributed by atoms with Gasteiger partial charge in [0.2, 0.25) is 0 Å². The Morgan fingerprint density at radius 2 is 1.93 bits per heavy atom. The summed E-state index contributed by atoms with van der Waals surface area (Å²) in [6, 6.07) is 13.8. The molecule has 1 atom stereocenters. The predicted octanol–water partition coefficient (Wildman–Crippen LogP) is 3.39. The molecule has 142 valence electrons. The molecule has 2 aromatic rings. The summed E-state index contributed by atoms with van der Waals surface area (Å²) in [6.07, 6.45) is 1.71. The van der Waals surface area contributed by atoms with E-state index in [9.17, 15) is 19.7 Å². The summed E-state index contributed by atoms with van der Waals surface area (Å²) in [5.74, 6) is -1.09. The van der Waals surface area contributed by atoms with E-state index in [0.29, 0.717) is 11.4 Å². The third kappa shape index (κ3) is 5.82. The van der Waals surface area contributed by atoms with E-state index < -0.39 is 23.4 Å². The highest BCUT2D eigenvalue weighted by Crippen LogP contribution is 2.28. The highest BCUT2D eigenvalue weighted by Gasteiger charge is 2.18. The average Bonchev–Trinajstić information content (AvgIpc) is 2.70. The Labute approximate surface area is 161 Å². The Bertz CT molecular complexity index is 826. The molecular formula is C19H20N2O5S. The van der Waals surface area contributed by atoms with Crippen molar-refractivity contribution < 1.29 is 19.2 Å². The number of nitrogens with zero attached hydrogens (tertiary/aromatic N) is 1. The summed E-state index contributed by atoms with van der Waals surface area (Å²) in [4.78, 5) is 34.9. The molecule has 7 nitrogen and oxygen atoms in total. The van der Waals surface area contributed by atoms with Gasteiger partial charge in [0.15, 0.2) is 6.61 Å². The van der Waals surface area contributed by atoms with Gasteiger partial charge in [0.1, 0.15) is 0 Å². The molecule has 0 fully saturated rings. The number of carbonyl (C=O) groups is 2. The van der Waals surface area contributed by atoms with Crippen molar-refractivity contribution in [3.05, 3.63) is 69.8 Å². The number of carbonyl (C=O) groups excluding carboxylic acids is 2. The van der Waals surface area contributed by atoms with Gasteiger partial charge in [-0.05, 0) is 29.9 Å². The molecule has 0 spiro atoms. The van der Waals surface area contributed by atoms with E-state index in [4.69, 9.17) is 4.74 Å². The van der Waals surface area contributed by atoms with E-state index in [1.54, 1.807) is 6.26 Å². The number of hydrogen-bond acceptors (Lipinski definition) is 6. The first kappa shape index (κ1) is 20.4. The van der Waals surface area contributed by atoms with E-state index in [1.807, 2.05) is 37.3 Å². The van der Waals surface area contributed by atoms with Gasteiger partial charge in [-0.15, -0.1) is 11.8 Å². The van der Waals surface area contributed by atoms with Gasteiger partial charge < -0.3 is 10.1 Å². The zero-order valence-corrected chi connectivity index (χ0v) is 15.8. The Hall–Kier alpha value is -2.87. The molecule has 0 aliphatic carbocycles. The summed E-state index contributed by atoms with van der Waals surface area (Å²) in [5.41, 5.74) is 0.957. The monoisotopic (exact) mass is 388 g/mol. The molecule has 0 unspecified atom stereocenters. The van der Waals surface area contributed by atoms with Gasteiger partial charge >= 0.3 is 5.97 Å². The number of thioether (sulfide) groups is 1. The summed E-state index contributed by atoms with van der Waals surface area (Å²) in [5, 5.41) is 13.8. The SMILES string of the molecule is CSc1ccc(C(=O)OCC(=O)NC[C@@H](C)c2ccccc2)cc1[N+](=O)[O-]. The number of amides is 1. The Kier molecular flexibility index (Phi) is 7.36. The van der Waals surface area contributed by atoms with Gasteiger partial charge in [0, 0.05) is 12.6 Å². The highest BCUT2D eigenvalue weighted by atomic mass is 32.2. The maximum absolute atomic E-state index is 12.1. The van der Waals surface area contributed by atoms with Crippen molar-refractivity contribution in [2.24, 2.45) is 0 Å². The molecule has 0 radical (unpaired) electrons. The van der Waals surface area contributed by atoms with Gasteiger partial charge in [-0.1, -0.05) is 37.3 Å². The quantitative estimate of drug-likeness (QED) is 0.322. The van der Waals surface area contributed by atoms with Crippen LogP contribution in [-0.4, -0.2) is 36.2 Å². The fourth-order valence-electron chi connectivity index (χ4n) is 2.39. The maximum Gasteiger partial charge on any atom is 0.338 e. The van der Waals surface area contributed by atoms with E-state index >= 15 is 0 Å². The van der Waals surface area contributed by atoms with Crippen LogP contribution in [0.25, 0.3) is 0 Å². The summed E-state index contributed by atoms with van der Waals surface area (Å²) in [7, 11) is 0. The molecule has 2 rings (SSSR count). The standard InChI is InChI=1S/C19H20N2O5S/c1-13(14-6-4-3-5-7-14)11-20-18(22)12-26-19(23)15-8-9-17(27-2)16(10-15)21(24)25/h3-10,13H,11-12H2,1-2H3,(H,20,22)/t13-/m1/s1. The molecule has 0 heterocycles. The van der Waals surface area contributed by atoms with Crippen molar-refractivity contribution in [2.75, 3.05) is 19.4 Å². The van der Waals surface area contributed by atoms with Crippen LogP contribution in [0.4, 0.5) is 5.69 Å². The van der Waals surface area contributed by atoms with Crippen molar-refractivity contribution in [1.82, 2.24) is 5.32 Å². The maximum atomic E-state index is 12.1. The van der Waals surface area contributed by atoms with Crippen molar-refractivity contribution in [3.63, 3.8) is 0 Å². The minimum atomic E-state index is -0.781. The van der Waals surface area contributed by atoms with Gasteiger partial charge in [0.05, 0.1) is 15.4 Å². The summed E-state index contributed by atoms with van der Waals surface area (Å²) in [6.45, 7) is 1.95. The predicted molar refractivity (Wildman–Crippen MR) is 103 cm³/mol. The van der Waals surface area contributed by atoms with Crippen LogP contribution in [0.1, 0.15) is 28.8 Å². The second-order valence-corrected chi connectivity index (χ2v) is 6.68. The first-order valence-electron chi connectivity index (χ1n) is 8.23. The van der Waals surface area contributed by atoms with E-state index in [1.165, 1.54) is 23.9 Å². The van der Waals surface area contributed by atoms with Crippen LogP contribution >= 0.6 is 11.8 Å². The van der Waals surface area contributed by atoms with E-state index in [-0.39, 0.29) is 17.2 Å². The van der Waals surface area contributed by atoms with Crippen LogP contribution in [0.15, 0.2) is 53.4 Å². The van der Waals surface area contributed by atoms with Crippen LogP contribution in [0.5, 0.6) is 0 Å². The molecule has 8 heteroatoms. The second kappa shape index (κ2) is 9.72. The Morgan fingerprint density at radius 3 is 2.56 bits per heavy atom. The zero-order valence-electron chi connectivity index (χ0n) is 15.0. The molecule has 2 aromatic carbocycles. The van der Waals surface area contributed by atoms with Crippen molar-refractivity contribution in [2.45, 2.75) is 17.7 Å². The number of rotatable bonds is 8. The van der Waals surface area contributed by atoms with Gasteiger partial charge in [-0.25, -0.2) is 4.79 Å². The lowest BCUT2D eigenvalue weighted by Crippen LogP contribution is -2.31. The van der Waals surface area contributed by atoms with Gasteiger partial charge in [0.25, 0.3) is 11.6 Å². The molecule has 0 bridgehead atoms. The van der Waals surface area contributed by atoms with E-state index in [0.717, 1.165) is 11.6 Å². The molecule has 27 heavy (non-hydrogen) atoms. The van der Waals surface area contributed by atoms with Gasteiger partial charge in [-0.3, -0.25) is 14.9 Å². The number of hydrogen-bond donors (Lipinski definition) is 1. The van der Waals surface area contributed by atoms with Crippen LogP contribution in [-0.2, 0) is 9.53 Å². The first-order chi connectivity index (χ1) is 12.9. The molecule has 0 saturated heterocycles. The topological polar surface area (TPSA) is 98.5 Å². The van der Waals surface area contributed by atoms with Crippen molar-refractivity contribution >= 4 is 29.3 Å². The van der Waals surface area contributed by atoms with Crippen molar-refractivity contribution in [1.29, 1.82) is 0 Å². The number of esters is 1. The molecule has 0 saturated carbocycles. The second-order valence-electron chi connectivity index (χ2n) is 5.84. The Morgan fingerprint density at radius 1 is 1.22 bits per heavy atom. The number of ether oxygens (including phenoxy) is 1. The van der Waals surface area contributed by atoms with E-state index in [2.05, 4.69) is 5.32 Å². The molecule has 1 amide bonds. The number of nitro groups is 1. The lowest BCUT2D eigenvalue weighted by Gasteiger charge is -2.13.